The summed E-state index contributed by atoms with van der Waals surface area (Å²) in [5, 5.41) is 10.2. The zero-order valence-corrected chi connectivity index (χ0v) is 25.6. The Balaban J connectivity index is 1.15. The molecule has 3 N–H and O–H groups in total. The third-order valence-electron chi connectivity index (χ3n) is 9.56. The first-order valence-electron chi connectivity index (χ1n) is 15.9. The van der Waals surface area contributed by atoms with Gasteiger partial charge in [-0.2, -0.15) is 0 Å². The molecule has 3 atom stereocenters. The van der Waals surface area contributed by atoms with E-state index in [4.69, 9.17) is 4.74 Å². The predicted molar refractivity (Wildman–Crippen MR) is 167 cm³/mol. The quantitative estimate of drug-likeness (QED) is 0.449. The molecule has 1 spiro atoms. The van der Waals surface area contributed by atoms with E-state index in [1.54, 1.807) is 11.3 Å². The van der Waals surface area contributed by atoms with Crippen molar-refractivity contribution >= 4 is 34.2 Å². The average Bonchev–Trinajstić information content (AvgIpc) is 3.42. The maximum Gasteiger partial charge on any atom is 0.243 e. The molecule has 1 aromatic carbocycles. The van der Waals surface area contributed by atoms with E-state index in [1.807, 2.05) is 30.3 Å². The van der Waals surface area contributed by atoms with Gasteiger partial charge in [-0.05, 0) is 69.3 Å². The summed E-state index contributed by atoms with van der Waals surface area (Å²) in [6.45, 7) is 2.82. The Kier molecular flexibility index (Phi) is 9.55. The van der Waals surface area contributed by atoms with E-state index in [0.717, 1.165) is 36.9 Å². The normalized spacial score (nSPS) is 27.0. The van der Waals surface area contributed by atoms with Crippen molar-refractivity contribution in [2.75, 3.05) is 38.2 Å². The van der Waals surface area contributed by atoms with Crippen molar-refractivity contribution in [3.63, 3.8) is 0 Å². The van der Waals surface area contributed by atoms with Crippen LogP contribution in [0.2, 0.25) is 0 Å². The van der Waals surface area contributed by atoms with Crippen LogP contribution in [-0.2, 0) is 38.4 Å². The SMILES string of the molecule is O=C(CN1CC[C@H]2NC(=O)[C@@H](Cc3ccccc3)NC(=O)C3(C/C=C/C[C@H]2C1)CCOCC3)Nc1nc2c(s1)CCCC2. The number of aryl methyl sites for hydroxylation is 2. The highest BCUT2D eigenvalue weighted by Crippen LogP contribution is 2.36. The van der Waals surface area contributed by atoms with Gasteiger partial charge in [-0.15, -0.1) is 11.3 Å². The Hall–Kier alpha value is -3.08. The number of carbonyl (C=O) groups excluding carboxylic acids is 3. The van der Waals surface area contributed by atoms with Crippen LogP contribution in [0.15, 0.2) is 42.5 Å². The van der Waals surface area contributed by atoms with E-state index in [0.29, 0.717) is 63.7 Å². The first kappa shape index (κ1) is 30.0. The molecule has 43 heavy (non-hydrogen) atoms. The minimum atomic E-state index is -0.661. The molecule has 230 valence electrons. The predicted octanol–water partition coefficient (Wildman–Crippen LogP) is 3.64. The van der Waals surface area contributed by atoms with Crippen molar-refractivity contribution in [2.24, 2.45) is 11.3 Å². The van der Waals surface area contributed by atoms with E-state index in [2.05, 4.69) is 38.0 Å². The summed E-state index contributed by atoms with van der Waals surface area (Å²) in [4.78, 5) is 48.7. The number of amides is 3. The van der Waals surface area contributed by atoms with Gasteiger partial charge in [0.15, 0.2) is 5.13 Å². The molecule has 0 unspecified atom stereocenters. The lowest BCUT2D eigenvalue weighted by Gasteiger charge is -2.40. The largest absolute Gasteiger partial charge is 0.381 e. The molecule has 0 bridgehead atoms. The van der Waals surface area contributed by atoms with E-state index < -0.39 is 11.5 Å². The third kappa shape index (κ3) is 7.36. The van der Waals surface area contributed by atoms with Crippen molar-refractivity contribution in [3.05, 3.63) is 58.6 Å². The second kappa shape index (κ2) is 13.7. The summed E-state index contributed by atoms with van der Waals surface area (Å²) >= 11 is 1.61. The number of ether oxygens (including phenoxy) is 1. The second-order valence-corrected chi connectivity index (χ2v) is 13.6. The highest BCUT2D eigenvalue weighted by atomic mass is 32.1. The fourth-order valence-electron chi connectivity index (χ4n) is 6.97. The van der Waals surface area contributed by atoms with Gasteiger partial charge in [0.2, 0.25) is 17.7 Å². The van der Waals surface area contributed by atoms with Crippen molar-refractivity contribution < 1.29 is 19.1 Å². The number of hydrogen-bond acceptors (Lipinski definition) is 7. The van der Waals surface area contributed by atoms with Crippen LogP contribution in [-0.4, -0.2) is 72.5 Å². The molecule has 3 amide bonds. The number of nitrogens with zero attached hydrogens (tertiary/aromatic N) is 2. The number of nitrogens with one attached hydrogen (secondary N) is 3. The van der Waals surface area contributed by atoms with Crippen LogP contribution >= 0.6 is 11.3 Å². The Bertz CT molecular complexity index is 1300. The lowest BCUT2D eigenvalue weighted by molar-refractivity contribution is -0.140. The molecule has 1 aliphatic carbocycles. The van der Waals surface area contributed by atoms with Gasteiger partial charge in [-0.3, -0.25) is 19.3 Å². The highest BCUT2D eigenvalue weighted by Gasteiger charge is 2.41. The number of hydrogen-bond donors (Lipinski definition) is 3. The summed E-state index contributed by atoms with van der Waals surface area (Å²) in [6.07, 6.45) is 12.6. The number of allylic oxidation sites excluding steroid dienone is 2. The van der Waals surface area contributed by atoms with Crippen LogP contribution in [0.3, 0.4) is 0 Å². The second-order valence-electron chi connectivity index (χ2n) is 12.6. The Morgan fingerprint density at radius 2 is 1.91 bits per heavy atom. The van der Waals surface area contributed by atoms with Crippen molar-refractivity contribution in [1.82, 2.24) is 20.5 Å². The molecule has 2 saturated heterocycles. The zero-order valence-electron chi connectivity index (χ0n) is 24.8. The molecule has 10 heteroatoms. The molecule has 4 aliphatic rings. The molecule has 6 rings (SSSR count). The zero-order chi connectivity index (χ0) is 29.6. The number of anilines is 1. The summed E-state index contributed by atoms with van der Waals surface area (Å²) in [7, 11) is 0. The fraction of sp³-hybridized carbons (Fsp3) is 0.576. The summed E-state index contributed by atoms with van der Waals surface area (Å²) in [5.41, 5.74) is 1.58. The van der Waals surface area contributed by atoms with Gasteiger partial charge in [0.1, 0.15) is 6.04 Å². The van der Waals surface area contributed by atoms with E-state index in [-0.39, 0.29) is 29.7 Å². The molecule has 3 aliphatic heterocycles. The van der Waals surface area contributed by atoms with E-state index in [1.165, 1.54) is 17.7 Å². The van der Waals surface area contributed by atoms with Gasteiger partial charge in [0.05, 0.1) is 17.7 Å². The molecule has 0 saturated carbocycles. The van der Waals surface area contributed by atoms with Gasteiger partial charge >= 0.3 is 0 Å². The van der Waals surface area contributed by atoms with Crippen molar-refractivity contribution in [1.29, 1.82) is 0 Å². The number of aromatic nitrogens is 1. The molecular weight excluding hydrogens is 562 g/mol. The summed E-state index contributed by atoms with van der Waals surface area (Å²) < 4.78 is 5.61. The lowest BCUT2D eigenvalue weighted by Crippen LogP contribution is -2.58. The Morgan fingerprint density at radius 3 is 2.72 bits per heavy atom. The minimum absolute atomic E-state index is 0.0335. The van der Waals surface area contributed by atoms with Crippen LogP contribution < -0.4 is 16.0 Å². The first-order valence-corrected chi connectivity index (χ1v) is 16.7. The third-order valence-corrected chi connectivity index (χ3v) is 10.6. The van der Waals surface area contributed by atoms with Crippen LogP contribution in [0.5, 0.6) is 0 Å². The Morgan fingerprint density at radius 1 is 1.09 bits per heavy atom. The molecule has 4 heterocycles. The standard InChI is InChI=1S/C33H43N5O4S/c39-29(37-32-36-26-11-4-5-12-28(26)43-32)22-38-17-13-25-24(21-38)10-6-7-14-33(15-18-42-19-16-33)31(41)35-27(30(40)34-25)20-23-8-2-1-3-9-23/h1-3,6-9,24-25,27H,4-5,10-22H2,(H,34,40)(H,35,41)(H,36,37,39)/b7-6+/t24-,25+,27+/m0/s1. The molecule has 1 aromatic heterocycles. The monoisotopic (exact) mass is 605 g/mol. The highest BCUT2D eigenvalue weighted by molar-refractivity contribution is 7.15. The van der Waals surface area contributed by atoms with Gasteiger partial charge in [0.25, 0.3) is 0 Å². The molecule has 9 nitrogen and oxygen atoms in total. The van der Waals surface area contributed by atoms with E-state index in [9.17, 15) is 14.4 Å². The number of benzene rings is 1. The van der Waals surface area contributed by atoms with Crippen LogP contribution in [0.25, 0.3) is 0 Å². The lowest BCUT2D eigenvalue weighted by atomic mass is 9.75. The maximum absolute atomic E-state index is 13.8. The van der Waals surface area contributed by atoms with Gasteiger partial charge in [0, 0.05) is 43.6 Å². The fourth-order valence-corrected chi connectivity index (χ4v) is 8.03. The number of rotatable bonds is 5. The molecular formula is C33H43N5O4S. The minimum Gasteiger partial charge on any atom is -0.381 e. The first-order chi connectivity index (χ1) is 21.0. The van der Waals surface area contributed by atoms with Crippen molar-refractivity contribution in [2.45, 2.75) is 76.3 Å². The summed E-state index contributed by atoms with van der Waals surface area (Å²) in [5.74, 6) is -0.0788. The molecule has 0 radical (unpaired) electrons. The maximum atomic E-state index is 13.8. The number of carbonyl (C=O) groups is 3. The average molecular weight is 606 g/mol. The van der Waals surface area contributed by atoms with Gasteiger partial charge < -0.3 is 20.7 Å². The smallest absolute Gasteiger partial charge is 0.243 e. The summed E-state index contributed by atoms with van der Waals surface area (Å²) in [6, 6.07) is 9.17. The van der Waals surface area contributed by atoms with Crippen molar-refractivity contribution in [3.8, 4) is 0 Å². The number of piperidine rings is 1. The van der Waals surface area contributed by atoms with Gasteiger partial charge in [-0.1, -0.05) is 42.5 Å². The Labute approximate surface area is 257 Å². The van der Waals surface area contributed by atoms with Crippen LogP contribution in [0.4, 0.5) is 5.13 Å². The molecule has 2 aromatic rings. The van der Waals surface area contributed by atoms with E-state index >= 15 is 0 Å². The topological polar surface area (TPSA) is 113 Å². The number of fused-ring (bicyclic) bond motifs is 2. The van der Waals surface area contributed by atoms with Gasteiger partial charge in [-0.25, -0.2) is 4.98 Å². The number of thiazole rings is 1. The number of likely N-dealkylation sites (tertiary alicyclic amines) is 1. The van der Waals surface area contributed by atoms with Crippen LogP contribution in [0, 0.1) is 11.3 Å². The molecule has 2 fully saturated rings. The van der Waals surface area contributed by atoms with Crippen LogP contribution in [0.1, 0.15) is 61.1 Å².